The van der Waals surface area contributed by atoms with Gasteiger partial charge in [0.2, 0.25) is 0 Å². The number of esters is 1. The monoisotopic (exact) mass is 360 g/mol. The molecule has 0 aromatic rings. The zero-order chi connectivity index (χ0) is 19.2. The van der Waals surface area contributed by atoms with Crippen molar-refractivity contribution in [2.45, 2.75) is 79.1 Å². The van der Waals surface area contributed by atoms with E-state index in [0.717, 1.165) is 44.8 Å². The van der Waals surface area contributed by atoms with Crippen molar-refractivity contribution in [1.82, 2.24) is 0 Å². The van der Waals surface area contributed by atoms with Gasteiger partial charge in [-0.1, -0.05) is 31.9 Å². The summed E-state index contributed by atoms with van der Waals surface area (Å²) in [5, 5.41) is 0. The molecule has 0 aliphatic heterocycles. The number of allylic oxidation sites excluding steroid dienone is 2. The van der Waals surface area contributed by atoms with E-state index in [4.69, 9.17) is 4.74 Å². The molecule has 3 aliphatic rings. The van der Waals surface area contributed by atoms with Crippen LogP contribution in [0.5, 0.6) is 0 Å². The van der Waals surface area contributed by atoms with Gasteiger partial charge in [0.1, 0.15) is 6.29 Å². The molecule has 0 heterocycles. The summed E-state index contributed by atoms with van der Waals surface area (Å²) in [6, 6.07) is 0. The minimum atomic E-state index is -0.350. The maximum Gasteiger partial charge on any atom is 0.311 e. The van der Waals surface area contributed by atoms with Crippen LogP contribution in [0.15, 0.2) is 11.6 Å². The number of hydrogen-bond donors (Lipinski definition) is 0. The molecule has 0 bridgehead atoms. The van der Waals surface area contributed by atoms with E-state index in [1.54, 1.807) is 0 Å². The Labute approximate surface area is 158 Å². The number of methoxy groups -OCH3 is 1. The van der Waals surface area contributed by atoms with Crippen LogP contribution in [-0.2, 0) is 14.3 Å². The van der Waals surface area contributed by atoms with Crippen molar-refractivity contribution in [3.63, 3.8) is 0 Å². The number of carbonyl (C=O) groups is 2. The molecular weight excluding hydrogens is 324 g/mol. The van der Waals surface area contributed by atoms with Gasteiger partial charge < -0.3 is 9.53 Å². The van der Waals surface area contributed by atoms with Crippen molar-refractivity contribution >= 4 is 12.3 Å². The maximum atomic E-state index is 12.7. The highest BCUT2D eigenvalue weighted by molar-refractivity contribution is 5.77. The van der Waals surface area contributed by atoms with Crippen molar-refractivity contribution in [2.75, 3.05) is 7.11 Å². The molecule has 2 fully saturated rings. The molecule has 2 saturated carbocycles. The van der Waals surface area contributed by atoms with Gasteiger partial charge in [-0.3, -0.25) is 4.79 Å². The molecule has 0 unspecified atom stereocenters. The maximum absolute atomic E-state index is 12.7. The van der Waals surface area contributed by atoms with Crippen LogP contribution in [0.4, 0.5) is 0 Å². The summed E-state index contributed by atoms with van der Waals surface area (Å²) in [6.45, 7) is 9.32. The van der Waals surface area contributed by atoms with Gasteiger partial charge in [0.05, 0.1) is 12.5 Å². The summed E-state index contributed by atoms with van der Waals surface area (Å²) in [7, 11) is 1.54. The Bertz CT molecular complexity index is 609. The normalized spacial score (nSPS) is 45.1. The van der Waals surface area contributed by atoms with Crippen molar-refractivity contribution in [3.05, 3.63) is 11.6 Å². The van der Waals surface area contributed by atoms with Crippen LogP contribution in [0.3, 0.4) is 0 Å². The summed E-state index contributed by atoms with van der Waals surface area (Å²) in [5.41, 5.74) is 1.53. The van der Waals surface area contributed by atoms with Crippen molar-refractivity contribution < 1.29 is 14.3 Å². The van der Waals surface area contributed by atoms with Gasteiger partial charge in [-0.2, -0.15) is 0 Å². The molecule has 0 amide bonds. The Kier molecular flexibility index (Phi) is 5.13. The fourth-order valence-electron chi connectivity index (χ4n) is 7.55. The molecule has 3 rings (SSSR count). The Hall–Kier alpha value is -1.12. The summed E-state index contributed by atoms with van der Waals surface area (Å²) < 4.78 is 5.25. The summed E-state index contributed by atoms with van der Waals surface area (Å²) >= 11 is 0. The number of hydrogen-bond acceptors (Lipinski definition) is 3. The fourth-order valence-corrected chi connectivity index (χ4v) is 7.55. The summed E-state index contributed by atoms with van der Waals surface area (Å²) in [6.07, 6.45) is 11.7. The number of carbonyl (C=O) groups excluding carboxylic acids is 2. The highest BCUT2D eigenvalue weighted by Gasteiger charge is 2.63. The predicted molar refractivity (Wildman–Crippen MR) is 104 cm³/mol. The van der Waals surface area contributed by atoms with Gasteiger partial charge in [0.15, 0.2) is 0 Å². The van der Waals surface area contributed by atoms with Gasteiger partial charge in [-0.15, -0.1) is 0 Å². The van der Waals surface area contributed by atoms with E-state index >= 15 is 0 Å². The lowest BCUT2D eigenvalue weighted by Gasteiger charge is -2.65. The average Bonchev–Trinajstić information content (AvgIpc) is 2.59. The van der Waals surface area contributed by atoms with Crippen LogP contribution in [0.25, 0.3) is 0 Å². The molecule has 3 aliphatic carbocycles. The van der Waals surface area contributed by atoms with Crippen molar-refractivity contribution in [2.24, 2.45) is 34.0 Å². The second-order valence-electron chi connectivity index (χ2n) is 9.90. The van der Waals surface area contributed by atoms with Crippen LogP contribution in [0.2, 0.25) is 0 Å². The van der Waals surface area contributed by atoms with Crippen LogP contribution in [0.1, 0.15) is 79.1 Å². The molecule has 3 heteroatoms. The molecule has 146 valence electrons. The zero-order valence-electron chi connectivity index (χ0n) is 17.3. The van der Waals surface area contributed by atoms with Crippen molar-refractivity contribution in [1.29, 1.82) is 0 Å². The zero-order valence-corrected chi connectivity index (χ0v) is 17.3. The Balaban J connectivity index is 1.99. The lowest BCUT2D eigenvalue weighted by Crippen LogP contribution is -2.59. The fraction of sp³-hybridized carbons (Fsp3) is 0.826. The van der Waals surface area contributed by atoms with Gasteiger partial charge in [-0.05, 0) is 81.0 Å². The van der Waals surface area contributed by atoms with Crippen LogP contribution in [0, 0.1) is 34.0 Å². The van der Waals surface area contributed by atoms with Crippen molar-refractivity contribution in [3.8, 4) is 0 Å². The summed E-state index contributed by atoms with van der Waals surface area (Å²) in [5.74, 6) is 1.46. The predicted octanol–water partition coefficient (Wildman–Crippen LogP) is 5.33. The smallest absolute Gasteiger partial charge is 0.311 e. The quantitative estimate of drug-likeness (QED) is 0.386. The lowest BCUT2D eigenvalue weighted by atomic mass is 9.39. The first-order valence-electron chi connectivity index (χ1n) is 10.4. The minimum absolute atomic E-state index is 0.0166. The molecule has 0 spiro atoms. The molecule has 0 aromatic heterocycles. The van der Waals surface area contributed by atoms with E-state index in [0.29, 0.717) is 24.2 Å². The third-order valence-electron chi connectivity index (χ3n) is 8.79. The second-order valence-corrected chi connectivity index (χ2v) is 9.90. The summed E-state index contributed by atoms with van der Waals surface area (Å²) in [4.78, 5) is 23.7. The van der Waals surface area contributed by atoms with E-state index in [-0.39, 0.29) is 22.2 Å². The highest BCUT2D eigenvalue weighted by atomic mass is 16.5. The molecule has 0 radical (unpaired) electrons. The Morgan fingerprint density at radius 2 is 1.92 bits per heavy atom. The topological polar surface area (TPSA) is 43.4 Å². The van der Waals surface area contributed by atoms with Crippen LogP contribution < -0.4 is 0 Å². The SMILES string of the molecule is COC(=O)[C@@]1(C)CCC[C@]2(C)[C@H]3CC=C(C)[C@@H](CCC=O)[C@]3(C)CC[C@H]21. The largest absolute Gasteiger partial charge is 0.469 e. The molecule has 3 nitrogen and oxygen atoms in total. The number of rotatable bonds is 4. The molecule has 6 atom stereocenters. The minimum Gasteiger partial charge on any atom is -0.469 e. The van der Waals surface area contributed by atoms with Gasteiger partial charge >= 0.3 is 5.97 Å². The number of ether oxygens (including phenoxy) is 1. The first-order chi connectivity index (χ1) is 12.2. The van der Waals surface area contributed by atoms with E-state index in [9.17, 15) is 9.59 Å². The van der Waals surface area contributed by atoms with E-state index in [1.807, 2.05) is 0 Å². The van der Waals surface area contributed by atoms with Gasteiger partial charge in [0, 0.05) is 6.42 Å². The molecular formula is C23H36O3. The third kappa shape index (κ3) is 2.68. The van der Waals surface area contributed by atoms with E-state index in [2.05, 4.69) is 33.8 Å². The van der Waals surface area contributed by atoms with Crippen LogP contribution in [-0.4, -0.2) is 19.4 Å². The Morgan fingerprint density at radius 3 is 2.58 bits per heavy atom. The number of aldehydes is 1. The highest BCUT2D eigenvalue weighted by Crippen LogP contribution is 2.68. The number of fused-ring (bicyclic) bond motifs is 3. The standard InChI is InChI=1S/C23H36O3/c1-16-9-10-18-21(2,17(16)8-6-15-24)14-11-19-22(18,3)12-7-13-23(19,4)20(25)26-5/h9,15,17-19H,6-8,10-14H2,1-5H3/t17-,18+,19-,21+,22-,23+/m1/s1. The average molecular weight is 361 g/mol. The van der Waals surface area contributed by atoms with Gasteiger partial charge in [-0.25, -0.2) is 0 Å². The van der Waals surface area contributed by atoms with E-state index in [1.165, 1.54) is 19.1 Å². The third-order valence-corrected chi connectivity index (χ3v) is 8.79. The van der Waals surface area contributed by atoms with E-state index < -0.39 is 0 Å². The second kappa shape index (κ2) is 6.80. The first kappa shape index (κ1) is 19.6. The molecule has 0 aromatic carbocycles. The molecule has 0 N–H and O–H groups in total. The molecule has 26 heavy (non-hydrogen) atoms. The first-order valence-corrected chi connectivity index (χ1v) is 10.4. The Morgan fingerprint density at radius 1 is 1.19 bits per heavy atom. The van der Waals surface area contributed by atoms with Crippen LogP contribution >= 0.6 is 0 Å². The van der Waals surface area contributed by atoms with Gasteiger partial charge in [0.25, 0.3) is 0 Å². The lowest BCUT2D eigenvalue weighted by molar-refractivity contribution is -0.184. The molecule has 0 saturated heterocycles.